The molecule has 1 rings (SSSR count). The molecule has 1 heterocycles. The summed E-state index contributed by atoms with van der Waals surface area (Å²) >= 11 is 1.80. The first-order valence-corrected chi connectivity index (χ1v) is 6.39. The summed E-state index contributed by atoms with van der Waals surface area (Å²) in [7, 11) is 0. The largest absolute Gasteiger partial charge is 0.383 e. The zero-order chi connectivity index (χ0) is 11.3. The van der Waals surface area contributed by atoms with Crippen LogP contribution >= 0.6 is 11.8 Å². The Morgan fingerprint density at radius 1 is 1.47 bits per heavy atom. The molecule has 5 heteroatoms. The van der Waals surface area contributed by atoms with Gasteiger partial charge in [0.25, 0.3) is 0 Å². The highest BCUT2D eigenvalue weighted by Gasteiger charge is 2.11. The predicted octanol–water partition coefficient (Wildman–Crippen LogP) is 1.96. The first kappa shape index (κ1) is 12.1. The van der Waals surface area contributed by atoms with Crippen molar-refractivity contribution in [3.63, 3.8) is 0 Å². The lowest BCUT2D eigenvalue weighted by Gasteiger charge is -2.14. The summed E-state index contributed by atoms with van der Waals surface area (Å²) in [5.41, 5.74) is 6.84. The zero-order valence-electron chi connectivity index (χ0n) is 9.45. The van der Waals surface area contributed by atoms with Crippen LogP contribution in [0.1, 0.15) is 25.3 Å². The van der Waals surface area contributed by atoms with E-state index in [0.29, 0.717) is 11.7 Å². The van der Waals surface area contributed by atoms with Crippen LogP contribution in [0.4, 0.5) is 11.6 Å². The van der Waals surface area contributed by atoms with Gasteiger partial charge in [-0.05, 0) is 12.2 Å². The molecule has 3 N–H and O–H groups in total. The summed E-state index contributed by atoms with van der Waals surface area (Å²) in [5, 5.41) is 3.28. The van der Waals surface area contributed by atoms with Gasteiger partial charge in [-0.25, -0.2) is 9.97 Å². The number of anilines is 2. The number of nitrogens with one attached hydrogen (secondary N) is 1. The lowest BCUT2D eigenvalue weighted by atomic mass is 10.1. The molecule has 0 spiro atoms. The molecule has 0 unspecified atom stereocenters. The van der Waals surface area contributed by atoms with Crippen molar-refractivity contribution in [2.24, 2.45) is 0 Å². The number of aromatic nitrogens is 2. The van der Waals surface area contributed by atoms with Crippen molar-refractivity contribution in [2.75, 3.05) is 29.6 Å². The van der Waals surface area contributed by atoms with Crippen molar-refractivity contribution in [1.29, 1.82) is 0 Å². The summed E-state index contributed by atoms with van der Waals surface area (Å²) in [6.45, 7) is 5.08. The van der Waals surface area contributed by atoms with Crippen LogP contribution < -0.4 is 11.1 Å². The molecule has 0 atom stereocenters. The van der Waals surface area contributed by atoms with Crippen LogP contribution in [0.15, 0.2) is 6.33 Å². The SMILES string of the molecule is CSCCNc1ncnc(N)c1C(C)C. The Kier molecular flexibility index (Phi) is 4.68. The minimum atomic E-state index is 0.336. The second-order valence-corrected chi connectivity index (χ2v) is 4.58. The lowest BCUT2D eigenvalue weighted by Crippen LogP contribution is -2.11. The molecule has 0 aliphatic rings. The number of nitrogens with zero attached hydrogens (tertiary/aromatic N) is 2. The summed E-state index contributed by atoms with van der Waals surface area (Å²) < 4.78 is 0. The van der Waals surface area contributed by atoms with Crippen molar-refractivity contribution in [2.45, 2.75) is 19.8 Å². The first-order chi connectivity index (χ1) is 7.16. The number of nitrogen functional groups attached to an aromatic ring is 1. The van der Waals surface area contributed by atoms with Gasteiger partial charge in [-0.2, -0.15) is 11.8 Å². The molecule has 0 saturated carbocycles. The van der Waals surface area contributed by atoms with Crippen molar-refractivity contribution < 1.29 is 0 Å². The number of thioether (sulfide) groups is 1. The van der Waals surface area contributed by atoms with Crippen molar-refractivity contribution in [3.8, 4) is 0 Å². The van der Waals surface area contributed by atoms with Gasteiger partial charge in [-0.15, -0.1) is 0 Å². The molecule has 0 aromatic carbocycles. The molecule has 0 fully saturated rings. The number of hydrogen-bond acceptors (Lipinski definition) is 5. The van der Waals surface area contributed by atoms with Gasteiger partial charge >= 0.3 is 0 Å². The highest BCUT2D eigenvalue weighted by molar-refractivity contribution is 7.98. The van der Waals surface area contributed by atoms with E-state index < -0.39 is 0 Å². The normalized spacial score (nSPS) is 10.7. The van der Waals surface area contributed by atoms with Gasteiger partial charge in [0.15, 0.2) is 0 Å². The van der Waals surface area contributed by atoms with Crippen LogP contribution in [0.25, 0.3) is 0 Å². The monoisotopic (exact) mass is 226 g/mol. The summed E-state index contributed by atoms with van der Waals surface area (Å²) in [5.74, 6) is 2.84. The zero-order valence-corrected chi connectivity index (χ0v) is 10.3. The van der Waals surface area contributed by atoms with E-state index in [4.69, 9.17) is 5.73 Å². The van der Waals surface area contributed by atoms with Gasteiger partial charge in [0.1, 0.15) is 18.0 Å². The molecule has 0 radical (unpaired) electrons. The molecule has 0 bridgehead atoms. The standard InChI is InChI=1S/C10H18N4S/c1-7(2)8-9(11)13-6-14-10(8)12-4-5-15-3/h6-7H,4-5H2,1-3H3,(H3,11,12,13,14). The van der Waals surface area contributed by atoms with E-state index in [-0.39, 0.29) is 0 Å². The minimum absolute atomic E-state index is 0.336. The topological polar surface area (TPSA) is 63.8 Å². The lowest BCUT2D eigenvalue weighted by molar-refractivity contribution is 0.851. The van der Waals surface area contributed by atoms with Gasteiger partial charge in [0.05, 0.1) is 0 Å². The van der Waals surface area contributed by atoms with E-state index in [0.717, 1.165) is 23.7 Å². The molecule has 84 valence electrons. The average molecular weight is 226 g/mol. The van der Waals surface area contributed by atoms with E-state index in [1.54, 1.807) is 11.8 Å². The second kappa shape index (κ2) is 5.80. The third kappa shape index (κ3) is 3.27. The van der Waals surface area contributed by atoms with Gasteiger partial charge in [-0.1, -0.05) is 13.8 Å². The van der Waals surface area contributed by atoms with Crippen LogP contribution in [-0.2, 0) is 0 Å². The second-order valence-electron chi connectivity index (χ2n) is 3.60. The average Bonchev–Trinajstić information content (AvgIpc) is 2.17. The maximum absolute atomic E-state index is 5.83. The molecule has 4 nitrogen and oxygen atoms in total. The first-order valence-electron chi connectivity index (χ1n) is 5.00. The fraction of sp³-hybridized carbons (Fsp3) is 0.600. The molecule has 1 aromatic heterocycles. The summed E-state index contributed by atoms with van der Waals surface area (Å²) in [6, 6.07) is 0. The molecule has 1 aromatic rings. The van der Waals surface area contributed by atoms with Gasteiger partial charge in [-0.3, -0.25) is 0 Å². The number of rotatable bonds is 5. The maximum Gasteiger partial charge on any atom is 0.135 e. The van der Waals surface area contributed by atoms with Gasteiger partial charge < -0.3 is 11.1 Å². The minimum Gasteiger partial charge on any atom is -0.383 e. The molecular weight excluding hydrogens is 208 g/mol. The van der Waals surface area contributed by atoms with Gasteiger partial charge in [0, 0.05) is 17.9 Å². The van der Waals surface area contributed by atoms with E-state index in [9.17, 15) is 0 Å². The number of nitrogens with two attached hydrogens (primary N) is 1. The van der Waals surface area contributed by atoms with E-state index in [1.165, 1.54) is 6.33 Å². The quantitative estimate of drug-likeness (QED) is 0.751. The Hall–Kier alpha value is -0.970. The van der Waals surface area contributed by atoms with E-state index in [1.807, 2.05) is 0 Å². The molecular formula is C10H18N4S. The van der Waals surface area contributed by atoms with Crippen LogP contribution in [0, 0.1) is 0 Å². The third-order valence-corrected chi connectivity index (χ3v) is 2.70. The Labute approximate surface area is 95.1 Å². The fourth-order valence-corrected chi connectivity index (χ4v) is 1.70. The van der Waals surface area contributed by atoms with Gasteiger partial charge in [0.2, 0.25) is 0 Å². The summed E-state index contributed by atoms with van der Waals surface area (Å²) in [4.78, 5) is 8.23. The Bertz CT molecular complexity index is 314. The Morgan fingerprint density at radius 2 is 2.20 bits per heavy atom. The van der Waals surface area contributed by atoms with Crippen molar-refractivity contribution in [3.05, 3.63) is 11.9 Å². The van der Waals surface area contributed by atoms with E-state index >= 15 is 0 Å². The molecule has 0 saturated heterocycles. The molecule has 15 heavy (non-hydrogen) atoms. The van der Waals surface area contributed by atoms with Crippen LogP contribution in [0.3, 0.4) is 0 Å². The highest BCUT2D eigenvalue weighted by Crippen LogP contribution is 2.25. The molecule has 0 amide bonds. The fourth-order valence-electron chi connectivity index (χ4n) is 1.39. The maximum atomic E-state index is 5.83. The van der Waals surface area contributed by atoms with Crippen molar-refractivity contribution in [1.82, 2.24) is 9.97 Å². The van der Waals surface area contributed by atoms with Crippen molar-refractivity contribution >= 4 is 23.4 Å². The Balaban J connectivity index is 2.81. The van der Waals surface area contributed by atoms with Crippen LogP contribution in [-0.4, -0.2) is 28.5 Å². The predicted molar refractivity (Wildman–Crippen MR) is 67.4 cm³/mol. The molecule has 0 aliphatic heterocycles. The highest BCUT2D eigenvalue weighted by atomic mass is 32.2. The van der Waals surface area contributed by atoms with E-state index in [2.05, 4.69) is 35.4 Å². The Morgan fingerprint density at radius 3 is 2.80 bits per heavy atom. The summed E-state index contributed by atoms with van der Waals surface area (Å²) in [6.07, 6.45) is 3.59. The third-order valence-electron chi connectivity index (χ3n) is 2.09. The van der Waals surface area contributed by atoms with Crippen LogP contribution in [0.5, 0.6) is 0 Å². The smallest absolute Gasteiger partial charge is 0.135 e. The molecule has 0 aliphatic carbocycles. The number of hydrogen-bond donors (Lipinski definition) is 2. The van der Waals surface area contributed by atoms with Crippen LogP contribution in [0.2, 0.25) is 0 Å².